The van der Waals surface area contributed by atoms with E-state index in [0.717, 1.165) is 25.8 Å². The molecule has 2 rings (SSSR count). The molecule has 114 valence electrons. The highest BCUT2D eigenvalue weighted by atomic mass is 16.2. The van der Waals surface area contributed by atoms with Gasteiger partial charge >= 0.3 is 0 Å². The first kappa shape index (κ1) is 15.5. The summed E-state index contributed by atoms with van der Waals surface area (Å²) in [6.07, 6.45) is 9.37. The lowest BCUT2D eigenvalue weighted by Gasteiger charge is -2.36. The molecular formula is C15H28N4O. The summed E-state index contributed by atoms with van der Waals surface area (Å²) in [6, 6.07) is 0.929. The molecule has 1 fully saturated rings. The maximum absolute atomic E-state index is 9.07. The molecule has 0 spiro atoms. The molecular weight excluding hydrogens is 252 g/mol. The number of aryl methyl sites for hydroxylation is 1. The van der Waals surface area contributed by atoms with Crippen LogP contribution in [0.15, 0.2) is 12.4 Å². The van der Waals surface area contributed by atoms with E-state index in [-0.39, 0.29) is 18.7 Å². The van der Waals surface area contributed by atoms with Crippen LogP contribution in [0, 0.1) is 0 Å². The Balaban J connectivity index is 2.17. The Kier molecular flexibility index (Phi) is 5.57. The molecule has 1 saturated heterocycles. The van der Waals surface area contributed by atoms with E-state index in [9.17, 15) is 0 Å². The molecule has 0 saturated carbocycles. The van der Waals surface area contributed by atoms with Crippen molar-refractivity contribution in [3.8, 4) is 0 Å². The van der Waals surface area contributed by atoms with Crippen molar-refractivity contribution in [3.05, 3.63) is 18.0 Å². The Bertz CT molecular complexity index is 406. The maximum atomic E-state index is 9.07. The SMILES string of the molecule is CCC(N)C(c1cnn(C)c1)N1CCCC1CCCO. The first-order valence-electron chi connectivity index (χ1n) is 7.78. The summed E-state index contributed by atoms with van der Waals surface area (Å²) < 4.78 is 1.85. The minimum atomic E-state index is 0.133. The molecule has 3 atom stereocenters. The summed E-state index contributed by atoms with van der Waals surface area (Å²) in [4.78, 5) is 2.54. The second-order valence-electron chi connectivity index (χ2n) is 5.86. The van der Waals surface area contributed by atoms with Crippen LogP contribution in [0.3, 0.4) is 0 Å². The van der Waals surface area contributed by atoms with Gasteiger partial charge in [-0.15, -0.1) is 0 Å². The van der Waals surface area contributed by atoms with E-state index in [2.05, 4.69) is 23.1 Å². The lowest BCUT2D eigenvalue weighted by atomic mass is 9.97. The molecule has 0 aromatic carbocycles. The quantitative estimate of drug-likeness (QED) is 0.793. The van der Waals surface area contributed by atoms with Crippen LogP contribution in [0.25, 0.3) is 0 Å². The molecule has 3 unspecified atom stereocenters. The van der Waals surface area contributed by atoms with E-state index in [1.165, 1.54) is 18.4 Å². The first-order chi connectivity index (χ1) is 9.67. The van der Waals surface area contributed by atoms with Crippen LogP contribution in [-0.4, -0.2) is 45.0 Å². The lowest BCUT2D eigenvalue weighted by Crippen LogP contribution is -2.43. The van der Waals surface area contributed by atoms with Crippen LogP contribution in [0.1, 0.15) is 50.6 Å². The molecule has 1 aliphatic rings. The number of aliphatic hydroxyl groups is 1. The van der Waals surface area contributed by atoms with Gasteiger partial charge in [-0.2, -0.15) is 5.10 Å². The molecule has 1 aromatic rings. The fraction of sp³-hybridized carbons (Fsp3) is 0.800. The third-order valence-corrected chi connectivity index (χ3v) is 4.42. The molecule has 3 N–H and O–H groups in total. The molecule has 0 radical (unpaired) electrons. The molecule has 0 bridgehead atoms. The number of nitrogens with two attached hydrogens (primary N) is 1. The highest BCUT2D eigenvalue weighted by molar-refractivity contribution is 5.14. The average molecular weight is 280 g/mol. The van der Waals surface area contributed by atoms with Crippen molar-refractivity contribution in [3.63, 3.8) is 0 Å². The third-order valence-electron chi connectivity index (χ3n) is 4.42. The highest BCUT2D eigenvalue weighted by Gasteiger charge is 2.34. The van der Waals surface area contributed by atoms with Gasteiger partial charge in [-0.05, 0) is 38.6 Å². The van der Waals surface area contributed by atoms with Crippen LogP contribution in [0.4, 0.5) is 0 Å². The summed E-state index contributed by atoms with van der Waals surface area (Å²) in [5, 5.41) is 13.4. The van der Waals surface area contributed by atoms with E-state index in [4.69, 9.17) is 10.8 Å². The smallest absolute Gasteiger partial charge is 0.0538 e. The Hall–Kier alpha value is -0.910. The van der Waals surface area contributed by atoms with Gasteiger partial charge in [0.25, 0.3) is 0 Å². The molecule has 20 heavy (non-hydrogen) atoms. The van der Waals surface area contributed by atoms with Crippen molar-refractivity contribution in [1.82, 2.24) is 14.7 Å². The van der Waals surface area contributed by atoms with E-state index < -0.39 is 0 Å². The van der Waals surface area contributed by atoms with Crippen LogP contribution in [0.2, 0.25) is 0 Å². The number of aliphatic hydroxyl groups excluding tert-OH is 1. The van der Waals surface area contributed by atoms with E-state index in [0.29, 0.717) is 6.04 Å². The molecule has 1 aliphatic heterocycles. The highest BCUT2D eigenvalue weighted by Crippen LogP contribution is 2.33. The standard InChI is InChI=1S/C15H28N4O/c1-3-14(16)15(12-10-17-18(2)11-12)19-8-4-6-13(19)7-5-9-20/h10-11,13-15,20H,3-9,16H2,1-2H3. The summed E-state index contributed by atoms with van der Waals surface area (Å²) in [5.41, 5.74) is 7.62. The van der Waals surface area contributed by atoms with Gasteiger partial charge in [0.05, 0.1) is 12.2 Å². The summed E-state index contributed by atoms with van der Waals surface area (Å²) in [7, 11) is 1.95. The summed E-state index contributed by atoms with van der Waals surface area (Å²) in [6.45, 7) is 3.53. The van der Waals surface area contributed by atoms with Gasteiger partial charge in [-0.3, -0.25) is 9.58 Å². The zero-order chi connectivity index (χ0) is 14.5. The number of hydrogen-bond acceptors (Lipinski definition) is 4. The van der Waals surface area contributed by atoms with Crippen LogP contribution >= 0.6 is 0 Å². The van der Waals surface area contributed by atoms with Crippen molar-refractivity contribution in [2.24, 2.45) is 12.8 Å². The second-order valence-corrected chi connectivity index (χ2v) is 5.86. The topological polar surface area (TPSA) is 67.3 Å². The molecule has 1 aromatic heterocycles. The predicted octanol–water partition coefficient (Wildman–Crippen LogP) is 1.44. The van der Waals surface area contributed by atoms with Crippen molar-refractivity contribution < 1.29 is 5.11 Å². The number of rotatable bonds is 7. The predicted molar refractivity (Wildman–Crippen MR) is 80.3 cm³/mol. The molecule has 2 heterocycles. The van der Waals surface area contributed by atoms with Crippen LogP contribution < -0.4 is 5.73 Å². The average Bonchev–Trinajstić information content (AvgIpc) is 3.06. The Morgan fingerprint density at radius 2 is 2.35 bits per heavy atom. The Morgan fingerprint density at radius 3 is 2.95 bits per heavy atom. The van der Waals surface area contributed by atoms with Crippen molar-refractivity contribution >= 4 is 0 Å². The van der Waals surface area contributed by atoms with Gasteiger partial charge in [-0.1, -0.05) is 6.92 Å². The zero-order valence-electron chi connectivity index (χ0n) is 12.7. The normalized spacial score (nSPS) is 23.1. The molecule has 5 heteroatoms. The van der Waals surface area contributed by atoms with Gasteiger partial charge in [0.15, 0.2) is 0 Å². The third kappa shape index (κ3) is 3.40. The molecule has 5 nitrogen and oxygen atoms in total. The van der Waals surface area contributed by atoms with Gasteiger partial charge in [0.1, 0.15) is 0 Å². The fourth-order valence-electron chi connectivity index (χ4n) is 3.36. The summed E-state index contributed by atoms with van der Waals surface area (Å²) >= 11 is 0. The van der Waals surface area contributed by atoms with Crippen LogP contribution in [0.5, 0.6) is 0 Å². The minimum absolute atomic E-state index is 0.133. The zero-order valence-corrected chi connectivity index (χ0v) is 12.7. The monoisotopic (exact) mass is 280 g/mol. The number of likely N-dealkylation sites (tertiary alicyclic amines) is 1. The van der Waals surface area contributed by atoms with Crippen molar-refractivity contribution in [2.75, 3.05) is 13.2 Å². The van der Waals surface area contributed by atoms with Gasteiger partial charge in [0.2, 0.25) is 0 Å². The van der Waals surface area contributed by atoms with Gasteiger partial charge in [0, 0.05) is 37.5 Å². The Morgan fingerprint density at radius 1 is 1.55 bits per heavy atom. The van der Waals surface area contributed by atoms with Gasteiger partial charge < -0.3 is 10.8 Å². The van der Waals surface area contributed by atoms with E-state index in [1.807, 2.05) is 17.9 Å². The number of aromatic nitrogens is 2. The van der Waals surface area contributed by atoms with E-state index >= 15 is 0 Å². The van der Waals surface area contributed by atoms with Crippen molar-refractivity contribution in [2.45, 2.75) is 57.2 Å². The number of nitrogens with zero attached hydrogens (tertiary/aromatic N) is 3. The minimum Gasteiger partial charge on any atom is -0.396 e. The maximum Gasteiger partial charge on any atom is 0.0538 e. The Labute approximate surface area is 121 Å². The van der Waals surface area contributed by atoms with Gasteiger partial charge in [-0.25, -0.2) is 0 Å². The van der Waals surface area contributed by atoms with Crippen LogP contribution in [-0.2, 0) is 7.05 Å². The molecule has 0 amide bonds. The summed E-state index contributed by atoms with van der Waals surface area (Å²) in [5.74, 6) is 0. The number of hydrogen-bond donors (Lipinski definition) is 2. The van der Waals surface area contributed by atoms with E-state index in [1.54, 1.807) is 0 Å². The lowest BCUT2D eigenvalue weighted by molar-refractivity contribution is 0.140. The fourth-order valence-corrected chi connectivity index (χ4v) is 3.36. The molecule has 0 aliphatic carbocycles. The largest absolute Gasteiger partial charge is 0.396 e. The first-order valence-corrected chi connectivity index (χ1v) is 7.78. The van der Waals surface area contributed by atoms with Crippen molar-refractivity contribution in [1.29, 1.82) is 0 Å². The second kappa shape index (κ2) is 7.20.